The number of ether oxygens (including phenoxy) is 2. The molecule has 0 bridgehead atoms. The number of hydrogen-bond acceptors (Lipinski definition) is 8. The van der Waals surface area contributed by atoms with E-state index in [1.165, 1.54) is 23.1 Å². The molecule has 1 aliphatic rings. The summed E-state index contributed by atoms with van der Waals surface area (Å²) in [6, 6.07) is 4.59. The van der Waals surface area contributed by atoms with Crippen molar-refractivity contribution in [2.45, 2.75) is 69.3 Å². The number of sulfonamides is 1. The first-order chi connectivity index (χ1) is 15.4. The van der Waals surface area contributed by atoms with Crippen LogP contribution in [0, 0.1) is 0 Å². The molecule has 1 atom stereocenters. The number of carbonyl (C=O) groups is 3. The van der Waals surface area contributed by atoms with Crippen molar-refractivity contribution in [3.8, 4) is 0 Å². The molecule has 1 aromatic carbocycles. The molecule has 2 rings (SSSR count). The number of carboxylic acids is 1. The third-order valence-electron chi connectivity index (χ3n) is 4.28. The highest BCUT2D eigenvalue weighted by Gasteiger charge is 2.37. The second kappa shape index (κ2) is 9.87. The largest absolute Gasteiger partial charge is 0.478 e. The lowest BCUT2D eigenvalue weighted by Crippen LogP contribution is -2.39. The van der Waals surface area contributed by atoms with Crippen LogP contribution in [0.25, 0.3) is 0 Å². The summed E-state index contributed by atoms with van der Waals surface area (Å²) in [5, 5.41) is 8.92. The monoisotopic (exact) mass is 514 g/mol. The molecule has 1 fully saturated rings. The molecule has 0 aromatic heterocycles. The van der Waals surface area contributed by atoms with Gasteiger partial charge in [-0.15, -0.1) is 0 Å². The molecule has 0 aliphatic carbocycles. The highest BCUT2D eigenvalue weighted by atomic mass is 32.2. The molecule has 12 heteroatoms. The molecular formula is C22H30N2O8S2. The Bertz CT molecular complexity index is 1100. The molecule has 0 spiro atoms. The molecule has 1 unspecified atom stereocenters. The van der Waals surface area contributed by atoms with Gasteiger partial charge in [-0.1, -0.05) is 6.07 Å². The summed E-state index contributed by atoms with van der Waals surface area (Å²) >= 11 is 4.40. The minimum atomic E-state index is -4.60. The highest BCUT2D eigenvalue weighted by Crippen LogP contribution is 2.30. The second-order valence-corrected chi connectivity index (χ2v) is 12.2. The molecular weight excluding hydrogens is 484 g/mol. The van der Waals surface area contributed by atoms with Crippen molar-refractivity contribution in [2.75, 3.05) is 6.54 Å². The van der Waals surface area contributed by atoms with E-state index in [2.05, 4.69) is 12.6 Å². The Balaban J connectivity index is 2.59. The van der Waals surface area contributed by atoms with Gasteiger partial charge in [0.1, 0.15) is 11.2 Å². The van der Waals surface area contributed by atoms with Crippen molar-refractivity contribution in [3.05, 3.63) is 41.7 Å². The summed E-state index contributed by atoms with van der Waals surface area (Å²) in [5.41, 5.74) is -1.92. The summed E-state index contributed by atoms with van der Waals surface area (Å²) in [6.45, 7) is 9.92. The third-order valence-corrected chi connectivity index (χ3v) is 6.24. The van der Waals surface area contributed by atoms with Crippen molar-refractivity contribution < 1.29 is 37.4 Å². The number of nitrogens with zero attached hydrogens (tertiary/aromatic N) is 2. The molecule has 188 valence electrons. The molecule has 2 amide bonds. The first-order valence-corrected chi connectivity index (χ1v) is 12.4. The molecule has 0 saturated carbocycles. The van der Waals surface area contributed by atoms with Crippen LogP contribution in [-0.2, 0) is 19.5 Å². The first-order valence-electron chi connectivity index (χ1n) is 10.4. The fourth-order valence-corrected chi connectivity index (χ4v) is 4.54. The molecule has 1 aromatic rings. The number of carbonyl (C=O) groups excluding carboxylic acids is 2. The lowest BCUT2D eigenvalue weighted by Gasteiger charge is -2.28. The Hall–Kier alpha value is -2.73. The average Bonchev–Trinajstić information content (AvgIpc) is 3.04. The zero-order chi connectivity index (χ0) is 26.1. The van der Waals surface area contributed by atoms with Crippen molar-refractivity contribution in [1.29, 1.82) is 0 Å². The number of benzene rings is 1. The van der Waals surface area contributed by atoms with E-state index in [4.69, 9.17) is 9.47 Å². The minimum Gasteiger partial charge on any atom is -0.478 e. The Morgan fingerprint density at radius 1 is 1.12 bits per heavy atom. The van der Waals surface area contributed by atoms with E-state index in [1.54, 1.807) is 41.5 Å². The van der Waals surface area contributed by atoms with E-state index in [0.717, 1.165) is 12.3 Å². The van der Waals surface area contributed by atoms with Gasteiger partial charge < -0.3 is 14.6 Å². The number of carboxylic acid groups (broad SMARTS) is 1. The predicted octanol–water partition coefficient (Wildman–Crippen LogP) is 4.09. The predicted molar refractivity (Wildman–Crippen MR) is 127 cm³/mol. The van der Waals surface area contributed by atoms with Crippen LogP contribution in [0.3, 0.4) is 0 Å². The SMILES string of the molecule is CC(C)(C)OC(=O)N1CC(S)C/C1=C\N(C(=O)OC(C)(C)C)S(=O)(=O)c1cccc(C(=O)O)c1. The molecule has 1 N–H and O–H groups in total. The fraction of sp³-hybridized carbons (Fsp3) is 0.500. The third kappa shape index (κ3) is 7.13. The summed E-state index contributed by atoms with van der Waals surface area (Å²) in [5.74, 6) is -1.33. The molecule has 1 heterocycles. The number of aromatic carboxylic acids is 1. The van der Waals surface area contributed by atoms with Gasteiger partial charge >= 0.3 is 18.2 Å². The number of hydrogen-bond donors (Lipinski definition) is 2. The summed E-state index contributed by atoms with van der Waals surface area (Å²) in [7, 11) is -4.60. The average molecular weight is 515 g/mol. The maximum absolute atomic E-state index is 13.4. The van der Waals surface area contributed by atoms with Crippen molar-refractivity contribution >= 4 is 40.8 Å². The van der Waals surface area contributed by atoms with Gasteiger partial charge in [0.25, 0.3) is 10.0 Å². The second-order valence-electron chi connectivity index (χ2n) is 9.68. The van der Waals surface area contributed by atoms with Crippen molar-refractivity contribution in [1.82, 2.24) is 9.21 Å². The normalized spacial score (nSPS) is 18.0. The van der Waals surface area contributed by atoms with Gasteiger partial charge in [-0.2, -0.15) is 16.9 Å². The zero-order valence-corrected chi connectivity index (χ0v) is 21.6. The van der Waals surface area contributed by atoms with Gasteiger partial charge in [-0.05, 0) is 59.7 Å². The standard InChI is InChI=1S/C22H30N2O8S2/c1-21(2,3)31-19(27)23-13-16(33)11-15(23)12-24(20(28)32-22(4,5)6)34(29,30)17-9-7-8-14(10-17)18(25)26/h7-10,12,16,33H,11,13H2,1-6H3,(H,25,26)/b15-12+. The van der Waals surface area contributed by atoms with E-state index in [-0.39, 0.29) is 29.5 Å². The van der Waals surface area contributed by atoms with E-state index in [9.17, 15) is 27.9 Å². The maximum Gasteiger partial charge on any atom is 0.428 e. The van der Waals surface area contributed by atoms with Gasteiger partial charge in [0.05, 0.1) is 10.5 Å². The van der Waals surface area contributed by atoms with Gasteiger partial charge in [0.2, 0.25) is 0 Å². The lowest BCUT2D eigenvalue weighted by atomic mass is 10.2. The minimum absolute atomic E-state index is 0.139. The van der Waals surface area contributed by atoms with Crippen LogP contribution in [-0.4, -0.2) is 63.9 Å². The van der Waals surface area contributed by atoms with Crippen LogP contribution in [0.5, 0.6) is 0 Å². The number of amides is 2. The summed E-state index contributed by atoms with van der Waals surface area (Å²) < 4.78 is 37.9. The van der Waals surface area contributed by atoms with Crippen LogP contribution >= 0.6 is 12.6 Å². The Kier molecular flexibility index (Phi) is 7.98. The van der Waals surface area contributed by atoms with Crippen LogP contribution in [0.1, 0.15) is 58.3 Å². The van der Waals surface area contributed by atoms with Crippen LogP contribution in [0.4, 0.5) is 9.59 Å². The summed E-state index contributed by atoms with van der Waals surface area (Å²) in [6.07, 6.45) is -0.763. The topological polar surface area (TPSA) is 131 Å². The quantitative estimate of drug-likeness (QED) is 0.575. The molecule has 34 heavy (non-hydrogen) atoms. The van der Waals surface area contributed by atoms with E-state index in [0.29, 0.717) is 4.31 Å². The molecule has 0 radical (unpaired) electrons. The van der Waals surface area contributed by atoms with E-state index >= 15 is 0 Å². The van der Waals surface area contributed by atoms with Gasteiger partial charge in [0, 0.05) is 30.1 Å². The zero-order valence-electron chi connectivity index (χ0n) is 19.9. The van der Waals surface area contributed by atoms with Crippen LogP contribution in [0.15, 0.2) is 41.1 Å². The molecule has 10 nitrogen and oxygen atoms in total. The van der Waals surface area contributed by atoms with E-state index < -0.39 is 44.3 Å². The smallest absolute Gasteiger partial charge is 0.428 e. The van der Waals surface area contributed by atoms with Crippen molar-refractivity contribution in [2.24, 2.45) is 0 Å². The number of likely N-dealkylation sites (tertiary alicyclic amines) is 1. The van der Waals surface area contributed by atoms with Crippen molar-refractivity contribution in [3.63, 3.8) is 0 Å². The lowest BCUT2D eigenvalue weighted by molar-refractivity contribution is 0.0326. The van der Waals surface area contributed by atoms with Crippen LogP contribution < -0.4 is 0 Å². The number of allylic oxidation sites excluding steroid dienone is 1. The summed E-state index contributed by atoms with van der Waals surface area (Å²) in [4.78, 5) is 37.8. The Morgan fingerprint density at radius 3 is 2.24 bits per heavy atom. The molecule has 1 aliphatic heterocycles. The maximum atomic E-state index is 13.4. The number of rotatable bonds is 4. The van der Waals surface area contributed by atoms with Gasteiger partial charge in [0.15, 0.2) is 0 Å². The van der Waals surface area contributed by atoms with E-state index in [1.807, 2.05) is 0 Å². The van der Waals surface area contributed by atoms with Crippen LogP contribution in [0.2, 0.25) is 0 Å². The molecule has 1 saturated heterocycles. The Labute approximate surface area is 205 Å². The highest BCUT2D eigenvalue weighted by molar-refractivity contribution is 7.89. The fourth-order valence-electron chi connectivity index (χ4n) is 2.94. The van der Waals surface area contributed by atoms with Gasteiger partial charge in [-0.3, -0.25) is 4.90 Å². The first kappa shape index (κ1) is 27.5. The Morgan fingerprint density at radius 2 is 1.71 bits per heavy atom. The van der Waals surface area contributed by atoms with Gasteiger partial charge in [-0.25, -0.2) is 22.8 Å². The number of thiol groups is 1.